The lowest BCUT2D eigenvalue weighted by atomic mass is 10.1. The van der Waals surface area contributed by atoms with Gasteiger partial charge in [-0.1, -0.05) is 40.1 Å². The summed E-state index contributed by atoms with van der Waals surface area (Å²) >= 11 is 1.88. The van der Waals surface area contributed by atoms with Crippen LogP contribution in [0.2, 0.25) is 19.6 Å². The van der Waals surface area contributed by atoms with E-state index in [9.17, 15) is 0 Å². The van der Waals surface area contributed by atoms with Crippen LogP contribution in [0, 0.1) is 41.5 Å². The van der Waals surface area contributed by atoms with E-state index < -0.39 is 8.07 Å². The highest BCUT2D eigenvalue weighted by Gasteiger charge is 2.16. The van der Waals surface area contributed by atoms with E-state index in [4.69, 9.17) is 9.97 Å². The van der Waals surface area contributed by atoms with Crippen molar-refractivity contribution >= 4 is 25.9 Å². The quantitative estimate of drug-likeness (QED) is 0.188. The highest BCUT2D eigenvalue weighted by atomic mass is 32.2. The molecule has 0 amide bonds. The Morgan fingerprint density at radius 3 is 1.64 bits per heavy atom. The standard InChI is InChI=1S/C18H24N2S.C16H24N2Si.2CH4/c1-13(8-9-21-5)10-17-11-14(2)12-18(19-17)20-15(3)6-7-16(20)4;1-12-9-15(11-19(4,5)6)17-16(10-12)18-13(2)7-8-14(18)3;;/h6-7,10-12H,8-9H2,1-5H3;7-10H,11H2,1-6H3;2*1H4/b13-10-;;;. The van der Waals surface area contributed by atoms with E-state index in [0.717, 1.165) is 35.5 Å². The summed E-state index contributed by atoms with van der Waals surface area (Å²) in [5.41, 5.74) is 11.2. The molecule has 4 rings (SSSR count). The smallest absolute Gasteiger partial charge is 0.137 e. The van der Waals surface area contributed by atoms with Crippen LogP contribution >= 0.6 is 11.8 Å². The first-order valence-corrected chi connectivity index (χ1v) is 19.3. The van der Waals surface area contributed by atoms with Crippen LogP contribution < -0.4 is 0 Å². The fourth-order valence-electron chi connectivity index (χ4n) is 4.98. The molecule has 0 fully saturated rings. The summed E-state index contributed by atoms with van der Waals surface area (Å²) in [4.78, 5) is 9.71. The summed E-state index contributed by atoms with van der Waals surface area (Å²) in [5, 5.41) is 0. The van der Waals surface area contributed by atoms with Gasteiger partial charge in [-0.25, -0.2) is 9.97 Å². The van der Waals surface area contributed by atoms with Crippen molar-refractivity contribution in [1.82, 2.24) is 19.1 Å². The Balaban J connectivity index is 0.000000403. The minimum atomic E-state index is -1.13. The lowest BCUT2D eigenvalue weighted by molar-refractivity contribution is 0.904. The molecule has 0 saturated heterocycles. The van der Waals surface area contributed by atoms with Crippen molar-refractivity contribution in [1.29, 1.82) is 0 Å². The predicted octanol–water partition coefficient (Wildman–Crippen LogP) is 10.4. The lowest BCUT2D eigenvalue weighted by Gasteiger charge is -2.17. The number of pyridine rings is 2. The monoisotopic (exact) mass is 604 g/mol. The van der Waals surface area contributed by atoms with Crippen LogP contribution in [0.3, 0.4) is 0 Å². The van der Waals surface area contributed by atoms with Gasteiger partial charge in [0.1, 0.15) is 11.6 Å². The zero-order valence-corrected chi connectivity index (χ0v) is 28.3. The minimum absolute atomic E-state index is 0. The molecular weight excluding hydrogens is 549 g/mol. The summed E-state index contributed by atoms with van der Waals surface area (Å²) in [6.07, 6.45) is 5.47. The molecule has 4 aromatic heterocycles. The summed E-state index contributed by atoms with van der Waals surface area (Å²) in [6, 6.07) is 18.4. The van der Waals surface area contributed by atoms with Crippen molar-refractivity contribution in [3.05, 3.63) is 99.4 Å². The van der Waals surface area contributed by atoms with Gasteiger partial charge in [-0.15, -0.1) is 0 Å². The van der Waals surface area contributed by atoms with Gasteiger partial charge in [0.05, 0.1) is 13.8 Å². The van der Waals surface area contributed by atoms with Crippen LogP contribution in [0.4, 0.5) is 0 Å². The summed E-state index contributed by atoms with van der Waals surface area (Å²) in [7, 11) is -1.13. The van der Waals surface area contributed by atoms with Gasteiger partial charge in [0.15, 0.2) is 0 Å². The largest absolute Gasteiger partial charge is 0.303 e. The van der Waals surface area contributed by atoms with E-state index in [1.165, 1.54) is 45.2 Å². The molecule has 0 aliphatic rings. The molecule has 4 heterocycles. The maximum atomic E-state index is 4.88. The second-order valence-corrected chi connectivity index (χ2v) is 18.8. The number of aromatic nitrogens is 4. The van der Waals surface area contributed by atoms with Crippen molar-refractivity contribution in [3.8, 4) is 11.6 Å². The zero-order valence-electron chi connectivity index (χ0n) is 26.5. The highest BCUT2D eigenvalue weighted by Crippen LogP contribution is 2.20. The Morgan fingerprint density at radius 1 is 0.738 bits per heavy atom. The maximum absolute atomic E-state index is 4.88. The van der Waals surface area contributed by atoms with Crippen LogP contribution in [-0.2, 0) is 6.04 Å². The zero-order chi connectivity index (χ0) is 29.6. The van der Waals surface area contributed by atoms with E-state index in [1.54, 1.807) is 0 Å². The molecule has 6 heteroatoms. The number of allylic oxidation sites excluding steroid dienone is 1. The van der Waals surface area contributed by atoms with Gasteiger partial charge in [0.2, 0.25) is 0 Å². The van der Waals surface area contributed by atoms with Crippen LogP contribution in [-0.4, -0.2) is 39.2 Å². The van der Waals surface area contributed by atoms with E-state index in [1.807, 2.05) is 11.8 Å². The summed E-state index contributed by atoms with van der Waals surface area (Å²) in [6.45, 7) is 22.2. The molecular formula is C36H56N4SSi. The fraction of sp³-hybridized carbons (Fsp3) is 0.444. The van der Waals surface area contributed by atoms with Gasteiger partial charge in [-0.3, -0.25) is 0 Å². The third kappa shape index (κ3) is 10.5. The number of hydrogen-bond acceptors (Lipinski definition) is 3. The summed E-state index contributed by atoms with van der Waals surface area (Å²) < 4.78 is 4.45. The predicted molar refractivity (Wildman–Crippen MR) is 193 cm³/mol. The Morgan fingerprint density at radius 2 is 1.19 bits per heavy atom. The summed E-state index contributed by atoms with van der Waals surface area (Å²) in [5.74, 6) is 3.24. The molecule has 230 valence electrons. The number of hydrogen-bond donors (Lipinski definition) is 0. The molecule has 4 aromatic rings. The topological polar surface area (TPSA) is 35.6 Å². The molecule has 0 saturated carbocycles. The molecule has 0 aliphatic heterocycles. The number of thioether (sulfide) groups is 1. The van der Waals surface area contributed by atoms with Gasteiger partial charge in [0, 0.05) is 28.5 Å². The van der Waals surface area contributed by atoms with Gasteiger partial charge in [-0.2, -0.15) is 11.8 Å². The van der Waals surface area contributed by atoms with Crippen molar-refractivity contribution in [2.24, 2.45) is 0 Å². The Labute approximate surface area is 262 Å². The first-order chi connectivity index (χ1) is 18.8. The van der Waals surface area contributed by atoms with Gasteiger partial charge >= 0.3 is 0 Å². The third-order valence-electron chi connectivity index (χ3n) is 6.79. The second-order valence-electron chi connectivity index (χ2n) is 12.3. The molecule has 0 N–H and O–H groups in total. The number of aryl methyl sites for hydroxylation is 6. The second kappa shape index (κ2) is 16.1. The molecule has 42 heavy (non-hydrogen) atoms. The van der Waals surface area contributed by atoms with Crippen LogP contribution in [0.5, 0.6) is 0 Å². The SMILES string of the molecule is C.C.CSCC/C(C)=C\c1cc(C)cc(-n2c(C)ccc2C)n1.Cc1cc(C[Si](C)(C)C)nc(-n2c(C)ccc2C)c1. The van der Waals surface area contributed by atoms with Crippen molar-refractivity contribution < 1.29 is 0 Å². The van der Waals surface area contributed by atoms with Crippen LogP contribution in [0.1, 0.15) is 73.5 Å². The maximum Gasteiger partial charge on any atom is 0.137 e. The molecule has 0 aliphatic carbocycles. The molecule has 4 nitrogen and oxygen atoms in total. The van der Waals surface area contributed by atoms with E-state index in [0.29, 0.717) is 0 Å². The fourth-order valence-corrected chi connectivity index (χ4v) is 6.77. The third-order valence-corrected chi connectivity index (χ3v) is 8.83. The Hall–Kier alpha value is -2.83. The average Bonchev–Trinajstić information content (AvgIpc) is 3.35. The van der Waals surface area contributed by atoms with Crippen molar-refractivity contribution in [3.63, 3.8) is 0 Å². The van der Waals surface area contributed by atoms with Crippen LogP contribution in [0.25, 0.3) is 17.7 Å². The number of nitrogens with zero attached hydrogens (tertiary/aromatic N) is 4. The normalized spacial score (nSPS) is 11.4. The Kier molecular flexibility index (Phi) is 14.3. The van der Waals surface area contributed by atoms with Crippen LogP contribution in [0.15, 0.2) is 54.1 Å². The Bertz CT molecular complexity index is 1430. The molecule has 0 spiro atoms. The highest BCUT2D eigenvalue weighted by molar-refractivity contribution is 7.98. The first kappa shape index (κ1) is 37.2. The van der Waals surface area contributed by atoms with E-state index in [2.05, 4.69) is 138 Å². The lowest BCUT2D eigenvalue weighted by Crippen LogP contribution is -2.25. The van der Waals surface area contributed by atoms with Gasteiger partial charge in [-0.05, 0) is 139 Å². The van der Waals surface area contributed by atoms with E-state index >= 15 is 0 Å². The number of rotatable bonds is 8. The minimum Gasteiger partial charge on any atom is -0.303 e. The molecule has 0 unspecified atom stereocenters. The van der Waals surface area contributed by atoms with E-state index in [-0.39, 0.29) is 14.9 Å². The first-order valence-electron chi connectivity index (χ1n) is 14.2. The average molecular weight is 605 g/mol. The molecule has 0 radical (unpaired) electrons. The molecule has 0 aromatic carbocycles. The molecule has 0 bridgehead atoms. The van der Waals surface area contributed by atoms with Gasteiger partial charge in [0.25, 0.3) is 0 Å². The van der Waals surface area contributed by atoms with Gasteiger partial charge < -0.3 is 9.13 Å². The van der Waals surface area contributed by atoms with Crippen molar-refractivity contribution in [2.75, 3.05) is 12.0 Å². The molecule has 0 atom stereocenters. The van der Waals surface area contributed by atoms with Crippen molar-refractivity contribution in [2.45, 2.75) is 95.4 Å².